The van der Waals surface area contributed by atoms with Gasteiger partial charge in [-0.2, -0.15) is 0 Å². The molecule has 0 amide bonds. The quantitative estimate of drug-likeness (QED) is 0.142. The molecular formula is C22H29N4O7P. The van der Waals surface area contributed by atoms with Crippen LogP contribution in [0.4, 0.5) is 5.69 Å². The number of nitrogens with zero attached hydrogens (tertiary/aromatic N) is 1. The van der Waals surface area contributed by atoms with E-state index in [2.05, 4.69) is 4.99 Å². The maximum Gasteiger partial charge on any atom is 0.360 e. The van der Waals surface area contributed by atoms with Gasteiger partial charge in [0.1, 0.15) is 6.61 Å². The number of esters is 1. The summed E-state index contributed by atoms with van der Waals surface area (Å²) in [5.41, 5.74) is 18.1. The first-order valence-electron chi connectivity index (χ1n) is 10.2. The smallest absolute Gasteiger partial charge is 0.360 e. The molecule has 11 nitrogen and oxygen atoms in total. The normalized spacial score (nSPS) is 15.6. The summed E-state index contributed by atoms with van der Waals surface area (Å²) < 4.78 is 23.8. The van der Waals surface area contributed by atoms with Crippen molar-refractivity contribution in [3.8, 4) is 0 Å². The van der Waals surface area contributed by atoms with Crippen molar-refractivity contribution in [2.45, 2.75) is 38.8 Å². The molecule has 0 saturated heterocycles. The van der Waals surface area contributed by atoms with E-state index in [9.17, 15) is 24.2 Å². The number of carbonyl (C=O) groups is 2. The van der Waals surface area contributed by atoms with Gasteiger partial charge in [-0.3, -0.25) is 9.09 Å². The maximum atomic E-state index is 13.4. The second-order valence-electron chi connectivity index (χ2n) is 7.91. The number of benzene rings is 2. The number of hydrogen-bond acceptors (Lipinski definition) is 7. The molecule has 0 aliphatic rings. The first-order chi connectivity index (χ1) is 15.8. The van der Waals surface area contributed by atoms with E-state index in [0.717, 1.165) is 0 Å². The number of aliphatic imine (C=N–C) groups is 1. The van der Waals surface area contributed by atoms with Gasteiger partial charge in [0.2, 0.25) is 5.28 Å². The highest BCUT2D eigenvalue weighted by Gasteiger charge is 2.57. The molecule has 0 aliphatic heterocycles. The number of guanidine groups is 1. The molecule has 3 unspecified atom stereocenters. The number of ether oxygens (including phenoxy) is 1. The van der Waals surface area contributed by atoms with Crippen LogP contribution < -0.4 is 17.2 Å². The molecule has 0 bridgehead atoms. The van der Waals surface area contributed by atoms with Gasteiger partial charge in [0.05, 0.1) is 5.69 Å². The topological polar surface area (TPSA) is 201 Å². The molecule has 8 N–H and O–H groups in total. The lowest BCUT2D eigenvalue weighted by atomic mass is 10.0. The summed E-state index contributed by atoms with van der Waals surface area (Å²) in [6.07, 6.45) is -1.95. The van der Waals surface area contributed by atoms with Gasteiger partial charge in [0.15, 0.2) is 12.1 Å². The minimum Gasteiger partial charge on any atom is -0.479 e. The Balaban J connectivity index is 2.41. The fraction of sp³-hybridized carbons (Fsp3) is 0.318. The molecule has 2 aromatic carbocycles. The minimum atomic E-state index is -5.15. The number of nitrogens with two attached hydrogens (primary N) is 3. The highest BCUT2D eigenvalue weighted by Crippen LogP contribution is 2.59. The van der Waals surface area contributed by atoms with Gasteiger partial charge in [0.25, 0.3) is 0 Å². The average Bonchev–Trinajstić information content (AvgIpc) is 2.76. The van der Waals surface area contributed by atoms with E-state index >= 15 is 0 Å². The summed E-state index contributed by atoms with van der Waals surface area (Å²) in [7, 11) is -5.15. The summed E-state index contributed by atoms with van der Waals surface area (Å²) in [6.45, 7) is 4.17. The van der Waals surface area contributed by atoms with Gasteiger partial charge >= 0.3 is 19.5 Å². The van der Waals surface area contributed by atoms with Crippen LogP contribution in [0.15, 0.2) is 53.5 Å². The molecule has 2 aromatic rings. The lowest BCUT2D eigenvalue weighted by Crippen LogP contribution is -2.53. The summed E-state index contributed by atoms with van der Waals surface area (Å²) in [4.78, 5) is 39.7. The Hall–Kier alpha value is -3.24. The van der Waals surface area contributed by atoms with E-state index in [1.807, 2.05) is 0 Å². The Bertz CT molecular complexity index is 1120. The van der Waals surface area contributed by atoms with Crippen LogP contribution in [0.25, 0.3) is 0 Å². The highest BCUT2D eigenvalue weighted by atomic mass is 31.2. The number of carboxylic acid groups (broad SMARTS) is 1. The summed E-state index contributed by atoms with van der Waals surface area (Å²) >= 11 is 0. The summed E-state index contributed by atoms with van der Waals surface area (Å²) in [6, 6.07) is 13.0. The van der Waals surface area contributed by atoms with Crippen LogP contribution in [0.2, 0.25) is 0 Å². The van der Waals surface area contributed by atoms with Gasteiger partial charge in [-0.1, -0.05) is 56.3 Å². The highest BCUT2D eigenvalue weighted by molar-refractivity contribution is 7.55. The van der Waals surface area contributed by atoms with E-state index in [0.29, 0.717) is 11.1 Å². The number of carbonyl (C=O) groups excluding carboxylic acids is 1. The molecule has 12 heteroatoms. The van der Waals surface area contributed by atoms with Crippen molar-refractivity contribution in [3.63, 3.8) is 0 Å². The van der Waals surface area contributed by atoms with Gasteiger partial charge in [0, 0.05) is 0 Å². The zero-order valence-electron chi connectivity index (χ0n) is 19.0. The predicted octanol–water partition coefficient (Wildman–Crippen LogP) is 2.28. The standard InChI is InChI=1S/C22H29N4O7P/c1-13(2)22(25,20(29)32-12-15-8-5-4-6-9-15)34(30,31)33-18(19(27)28)16-10-7-11-17(14(16)3)26-21(23)24/h4-11,13,18H,12,25H2,1-3H3,(H,27,28)(H,30,31)(H4,23,24,26). The van der Waals surface area contributed by atoms with Crippen molar-refractivity contribution in [2.24, 2.45) is 28.1 Å². The van der Waals surface area contributed by atoms with Crippen molar-refractivity contribution in [3.05, 3.63) is 65.2 Å². The van der Waals surface area contributed by atoms with Crippen LogP contribution in [0.3, 0.4) is 0 Å². The van der Waals surface area contributed by atoms with Crippen molar-refractivity contribution in [1.29, 1.82) is 0 Å². The van der Waals surface area contributed by atoms with Crippen LogP contribution in [-0.4, -0.2) is 33.2 Å². The third-order valence-electron chi connectivity index (χ3n) is 5.24. The average molecular weight is 492 g/mol. The van der Waals surface area contributed by atoms with Crippen LogP contribution >= 0.6 is 7.60 Å². The molecule has 34 heavy (non-hydrogen) atoms. The van der Waals surface area contributed by atoms with Gasteiger partial charge in [-0.05, 0) is 35.6 Å². The van der Waals surface area contributed by atoms with E-state index in [1.54, 1.807) is 30.3 Å². The van der Waals surface area contributed by atoms with Crippen LogP contribution in [0.5, 0.6) is 0 Å². The lowest BCUT2D eigenvalue weighted by Gasteiger charge is -2.35. The Labute approximate surface area is 197 Å². The zero-order chi connectivity index (χ0) is 25.7. The number of aliphatic carboxylic acids is 1. The van der Waals surface area contributed by atoms with Crippen molar-refractivity contribution in [1.82, 2.24) is 0 Å². The second kappa shape index (κ2) is 10.8. The second-order valence-corrected chi connectivity index (χ2v) is 9.91. The third-order valence-corrected chi connectivity index (χ3v) is 7.37. The fourth-order valence-corrected chi connectivity index (χ4v) is 4.78. The molecular weight excluding hydrogens is 463 g/mol. The molecule has 0 aliphatic carbocycles. The minimum absolute atomic E-state index is 0.00744. The van der Waals surface area contributed by atoms with Crippen LogP contribution in [0, 0.1) is 12.8 Å². The molecule has 0 fully saturated rings. The molecule has 0 saturated carbocycles. The van der Waals surface area contributed by atoms with E-state index in [-0.39, 0.29) is 23.8 Å². The number of carboxylic acids is 1. The van der Waals surface area contributed by atoms with E-state index < -0.39 is 36.8 Å². The first-order valence-corrected chi connectivity index (χ1v) is 11.8. The first kappa shape index (κ1) is 27.0. The SMILES string of the molecule is Cc1c(N=C(N)N)cccc1C(OP(=O)(O)C(N)(C(=O)OCc1ccccc1)C(C)C)C(=O)O. The summed E-state index contributed by atoms with van der Waals surface area (Å²) in [5, 5.41) is 7.24. The van der Waals surface area contributed by atoms with E-state index in [4.69, 9.17) is 26.5 Å². The van der Waals surface area contributed by atoms with Gasteiger partial charge in [-0.15, -0.1) is 0 Å². The Kier molecular flexibility index (Phi) is 8.57. The third kappa shape index (κ3) is 5.81. The molecule has 0 radical (unpaired) electrons. The molecule has 3 atom stereocenters. The zero-order valence-corrected chi connectivity index (χ0v) is 19.9. The molecule has 0 spiro atoms. The number of rotatable bonds is 10. The van der Waals surface area contributed by atoms with Crippen LogP contribution in [-0.2, 0) is 30.0 Å². The van der Waals surface area contributed by atoms with Gasteiger partial charge in [-0.25, -0.2) is 14.6 Å². The van der Waals surface area contributed by atoms with Gasteiger partial charge < -0.3 is 31.9 Å². The largest absolute Gasteiger partial charge is 0.479 e. The fourth-order valence-electron chi connectivity index (χ4n) is 3.17. The molecule has 2 rings (SSSR count). The Morgan fingerprint density at radius 2 is 1.74 bits per heavy atom. The molecule has 0 heterocycles. The lowest BCUT2D eigenvalue weighted by molar-refractivity contribution is -0.152. The molecule has 184 valence electrons. The van der Waals surface area contributed by atoms with E-state index in [1.165, 1.54) is 39.0 Å². The summed E-state index contributed by atoms with van der Waals surface area (Å²) in [5.74, 6) is -3.99. The number of hydrogen-bond donors (Lipinski definition) is 5. The Morgan fingerprint density at radius 1 is 1.12 bits per heavy atom. The predicted molar refractivity (Wildman–Crippen MR) is 126 cm³/mol. The van der Waals surface area contributed by atoms with Crippen LogP contribution in [0.1, 0.15) is 36.6 Å². The molecule has 0 aromatic heterocycles. The maximum absolute atomic E-state index is 13.4. The van der Waals surface area contributed by atoms with Crippen molar-refractivity contribution < 1.29 is 33.4 Å². The van der Waals surface area contributed by atoms with Crippen molar-refractivity contribution in [2.75, 3.05) is 0 Å². The van der Waals surface area contributed by atoms with Crippen molar-refractivity contribution >= 4 is 31.2 Å². The monoisotopic (exact) mass is 492 g/mol. The Morgan fingerprint density at radius 3 is 2.26 bits per heavy atom.